The van der Waals surface area contributed by atoms with Crippen molar-refractivity contribution in [3.05, 3.63) is 71.3 Å². The first-order valence-electron chi connectivity index (χ1n) is 8.78. The van der Waals surface area contributed by atoms with Gasteiger partial charge in [0.15, 0.2) is 0 Å². The van der Waals surface area contributed by atoms with E-state index < -0.39 is 0 Å². The summed E-state index contributed by atoms with van der Waals surface area (Å²) in [6, 6.07) is 18.9. The van der Waals surface area contributed by atoms with E-state index in [1.54, 1.807) is 0 Å². The van der Waals surface area contributed by atoms with E-state index in [0.717, 1.165) is 43.7 Å². The average molecular weight is 322 g/mol. The number of piperazine rings is 1. The fourth-order valence-corrected chi connectivity index (χ4v) is 3.41. The molecular formula is C21H26N2O. The molecule has 1 fully saturated rings. The molecule has 126 valence electrons. The summed E-state index contributed by atoms with van der Waals surface area (Å²) >= 11 is 0. The maximum Gasteiger partial charge on any atom is 0.254 e. The van der Waals surface area contributed by atoms with Gasteiger partial charge in [-0.1, -0.05) is 48.5 Å². The van der Waals surface area contributed by atoms with Gasteiger partial charge in [-0.3, -0.25) is 9.69 Å². The van der Waals surface area contributed by atoms with Crippen molar-refractivity contribution in [2.45, 2.75) is 26.3 Å². The molecule has 3 rings (SSSR count). The summed E-state index contributed by atoms with van der Waals surface area (Å²) in [5.74, 6) is 0.169. The molecule has 1 saturated heterocycles. The topological polar surface area (TPSA) is 23.6 Å². The minimum absolute atomic E-state index is 0.169. The van der Waals surface area contributed by atoms with E-state index in [1.807, 2.05) is 36.1 Å². The van der Waals surface area contributed by atoms with Gasteiger partial charge in [-0.25, -0.2) is 0 Å². The zero-order chi connectivity index (χ0) is 16.9. The quantitative estimate of drug-likeness (QED) is 0.861. The Morgan fingerprint density at radius 3 is 2.46 bits per heavy atom. The first-order valence-corrected chi connectivity index (χ1v) is 8.78. The van der Waals surface area contributed by atoms with Gasteiger partial charge in [0.2, 0.25) is 0 Å². The van der Waals surface area contributed by atoms with E-state index in [4.69, 9.17) is 0 Å². The van der Waals surface area contributed by atoms with Crippen LogP contribution in [0.1, 0.15) is 28.4 Å². The molecule has 0 spiro atoms. The summed E-state index contributed by atoms with van der Waals surface area (Å²) in [6.07, 6.45) is 1.07. The minimum Gasteiger partial charge on any atom is -0.336 e. The third-order valence-electron chi connectivity index (χ3n) is 4.96. The van der Waals surface area contributed by atoms with Gasteiger partial charge in [0, 0.05) is 37.8 Å². The molecule has 1 unspecified atom stereocenters. The summed E-state index contributed by atoms with van der Waals surface area (Å²) in [4.78, 5) is 17.3. The highest BCUT2D eigenvalue weighted by molar-refractivity contribution is 5.95. The fourth-order valence-electron chi connectivity index (χ4n) is 3.41. The van der Waals surface area contributed by atoms with E-state index >= 15 is 0 Å². The molecule has 2 aromatic carbocycles. The normalized spacial score (nSPS) is 18.6. The highest BCUT2D eigenvalue weighted by Gasteiger charge is 2.27. The summed E-state index contributed by atoms with van der Waals surface area (Å²) in [6.45, 7) is 7.85. The van der Waals surface area contributed by atoms with E-state index in [9.17, 15) is 4.79 Å². The molecular weight excluding hydrogens is 296 g/mol. The Balaban J connectivity index is 1.57. The van der Waals surface area contributed by atoms with E-state index in [2.05, 4.69) is 42.2 Å². The second kappa shape index (κ2) is 7.63. The molecule has 0 N–H and O–H groups in total. The molecule has 0 aromatic heterocycles. The molecule has 2 aromatic rings. The maximum absolute atomic E-state index is 12.8. The Kier molecular flexibility index (Phi) is 5.31. The SMILES string of the molecule is Cc1ccccc1C(=O)N1CCN(CCc2ccccc2)C(C)C1. The second-order valence-electron chi connectivity index (χ2n) is 6.69. The standard InChI is InChI=1S/C21H26N2O/c1-17-8-6-7-11-20(17)21(24)23-15-14-22(18(2)16-23)13-12-19-9-4-3-5-10-19/h3-11,18H,12-16H2,1-2H3. The number of hydrogen-bond donors (Lipinski definition) is 0. The van der Waals surface area contributed by atoms with Gasteiger partial charge in [-0.2, -0.15) is 0 Å². The number of carbonyl (C=O) groups excluding carboxylic acids is 1. The fraction of sp³-hybridized carbons (Fsp3) is 0.381. The summed E-state index contributed by atoms with van der Waals surface area (Å²) in [5.41, 5.74) is 3.27. The van der Waals surface area contributed by atoms with Crippen LogP contribution in [0.3, 0.4) is 0 Å². The number of aryl methyl sites for hydroxylation is 1. The lowest BCUT2D eigenvalue weighted by atomic mass is 10.1. The molecule has 1 aliphatic rings. The third-order valence-corrected chi connectivity index (χ3v) is 4.96. The predicted octanol–water partition coefficient (Wildman–Crippen LogP) is 3.38. The van der Waals surface area contributed by atoms with Crippen molar-refractivity contribution in [1.29, 1.82) is 0 Å². The number of nitrogens with zero attached hydrogens (tertiary/aromatic N) is 2. The Bertz CT molecular complexity index is 683. The largest absolute Gasteiger partial charge is 0.336 e. The monoisotopic (exact) mass is 322 g/mol. The first-order chi connectivity index (χ1) is 11.6. The molecule has 0 aliphatic carbocycles. The van der Waals surface area contributed by atoms with Gasteiger partial charge >= 0.3 is 0 Å². The summed E-state index contributed by atoms with van der Waals surface area (Å²) in [7, 11) is 0. The van der Waals surface area contributed by atoms with Crippen LogP contribution in [-0.2, 0) is 6.42 Å². The Labute approximate surface area is 144 Å². The van der Waals surface area contributed by atoms with E-state index in [1.165, 1.54) is 5.56 Å². The van der Waals surface area contributed by atoms with Crippen LogP contribution in [0.2, 0.25) is 0 Å². The smallest absolute Gasteiger partial charge is 0.254 e. The van der Waals surface area contributed by atoms with Crippen LogP contribution in [-0.4, -0.2) is 47.9 Å². The average Bonchev–Trinajstić information content (AvgIpc) is 2.61. The molecule has 0 radical (unpaired) electrons. The second-order valence-corrected chi connectivity index (χ2v) is 6.69. The van der Waals surface area contributed by atoms with Crippen LogP contribution in [0.15, 0.2) is 54.6 Å². The van der Waals surface area contributed by atoms with Crippen LogP contribution >= 0.6 is 0 Å². The molecule has 0 bridgehead atoms. The number of benzene rings is 2. The lowest BCUT2D eigenvalue weighted by molar-refractivity contribution is 0.0517. The van der Waals surface area contributed by atoms with Crippen LogP contribution < -0.4 is 0 Å². The van der Waals surface area contributed by atoms with Gasteiger partial charge in [-0.05, 0) is 37.5 Å². The van der Waals surface area contributed by atoms with Gasteiger partial charge in [0.25, 0.3) is 5.91 Å². The lowest BCUT2D eigenvalue weighted by Crippen LogP contribution is -2.54. The Morgan fingerprint density at radius 1 is 1.04 bits per heavy atom. The van der Waals surface area contributed by atoms with E-state index in [0.29, 0.717) is 6.04 Å². The van der Waals surface area contributed by atoms with Gasteiger partial charge in [0.05, 0.1) is 0 Å². The molecule has 3 nitrogen and oxygen atoms in total. The Hall–Kier alpha value is -2.13. The zero-order valence-corrected chi connectivity index (χ0v) is 14.6. The number of carbonyl (C=O) groups is 1. The zero-order valence-electron chi connectivity index (χ0n) is 14.6. The van der Waals surface area contributed by atoms with E-state index in [-0.39, 0.29) is 5.91 Å². The predicted molar refractivity (Wildman–Crippen MR) is 98.3 cm³/mol. The van der Waals surface area contributed by atoms with Crippen molar-refractivity contribution in [2.24, 2.45) is 0 Å². The molecule has 3 heteroatoms. The van der Waals surface area contributed by atoms with Crippen LogP contribution in [0.5, 0.6) is 0 Å². The minimum atomic E-state index is 0.169. The van der Waals surface area contributed by atoms with Crippen molar-refractivity contribution in [3.8, 4) is 0 Å². The molecule has 1 heterocycles. The molecule has 24 heavy (non-hydrogen) atoms. The molecule has 1 amide bonds. The number of hydrogen-bond acceptors (Lipinski definition) is 2. The molecule has 1 atom stereocenters. The summed E-state index contributed by atoms with van der Waals surface area (Å²) < 4.78 is 0. The van der Waals surface area contributed by atoms with Gasteiger partial charge < -0.3 is 4.90 Å². The first kappa shape index (κ1) is 16.7. The van der Waals surface area contributed by atoms with Crippen molar-refractivity contribution < 1.29 is 4.79 Å². The van der Waals surface area contributed by atoms with Crippen LogP contribution in [0, 0.1) is 6.92 Å². The maximum atomic E-state index is 12.8. The highest BCUT2D eigenvalue weighted by Crippen LogP contribution is 2.16. The van der Waals surface area contributed by atoms with Crippen molar-refractivity contribution >= 4 is 5.91 Å². The van der Waals surface area contributed by atoms with Crippen molar-refractivity contribution in [1.82, 2.24) is 9.80 Å². The highest BCUT2D eigenvalue weighted by atomic mass is 16.2. The van der Waals surface area contributed by atoms with Crippen molar-refractivity contribution in [2.75, 3.05) is 26.2 Å². The van der Waals surface area contributed by atoms with Crippen LogP contribution in [0.4, 0.5) is 0 Å². The van der Waals surface area contributed by atoms with Crippen LogP contribution in [0.25, 0.3) is 0 Å². The molecule has 0 saturated carbocycles. The number of rotatable bonds is 4. The molecule has 1 aliphatic heterocycles. The van der Waals surface area contributed by atoms with Crippen molar-refractivity contribution in [3.63, 3.8) is 0 Å². The van der Waals surface area contributed by atoms with Gasteiger partial charge in [-0.15, -0.1) is 0 Å². The number of amides is 1. The van der Waals surface area contributed by atoms with Gasteiger partial charge in [0.1, 0.15) is 0 Å². The third kappa shape index (κ3) is 3.85. The summed E-state index contributed by atoms with van der Waals surface area (Å²) in [5, 5.41) is 0. The Morgan fingerprint density at radius 2 is 1.75 bits per heavy atom. The lowest BCUT2D eigenvalue weighted by Gasteiger charge is -2.40.